The first-order chi connectivity index (χ1) is 10.3. The van der Waals surface area contributed by atoms with Gasteiger partial charge in [0, 0.05) is 20.8 Å². The Morgan fingerprint density at radius 1 is 0.870 bits per heavy atom. The molecule has 1 N–H and O–H groups in total. The molecule has 0 aromatic rings. The summed E-state index contributed by atoms with van der Waals surface area (Å²) in [5.41, 5.74) is -2.18. The molecule has 0 amide bonds. The lowest BCUT2D eigenvalue weighted by atomic mass is 9.71. The highest BCUT2D eigenvalue weighted by atomic mass is 19.3. The Balaban J connectivity index is 3.38. The Labute approximate surface area is 131 Å². The molecule has 0 aliphatic heterocycles. The van der Waals surface area contributed by atoms with Crippen molar-refractivity contribution < 1.29 is 42.5 Å². The number of aliphatic hydroxyl groups is 1. The lowest BCUT2D eigenvalue weighted by Gasteiger charge is -2.51. The number of halogens is 2. The number of rotatable bonds is 3. The van der Waals surface area contributed by atoms with Gasteiger partial charge in [-0.3, -0.25) is 14.4 Å². The normalized spacial score (nSPS) is 36.0. The van der Waals surface area contributed by atoms with Crippen molar-refractivity contribution in [3.8, 4) is 0 Å². The van der Waals surface area contributed by atoms with Crippen LogP contribution in [0.1, 0.15) is 34.6 Å². The van der Waals surface area contributed by atoms with E-state index in [0.29, 0.717) is 0 Å². The summed E-state index contributed by atoms with van der Waals surface area (Å²) in [4.78, 5) is 33.5. The van der Waals surface area contributed by atoms with Crippen LogP contribution in [0.25, 0.3) is 0 Å². The number of hydrogen-bond acceptors (Lipinski definition) is 7. The molecule has 1 saturated carbocycles. The first-order valence-corrected chi connectivity index (χ1v) is 6.93. The maximum atomic E-state index is 14.6. The first-order valence-electron chi connectivity index (χ1n) is 6.93. The highest BCUT2D eigenvalue weighted by Crippen LogP contribution is 2.47. The minimum Gasteiger partial charge on any atom is -0.459 e. The molecule has 1 aliphatic carbocycles. The van der Waals surface area contributed by atoms with Crippen LogP contribution < -0.4 is 0 Å². The van der Waals surface area contributed by atoms with E-state index in [-0.39, 0.29) is 0 Å². The van der Waals surface area contributed by atoms with Crippen LogP contribution in [-0.2, 0) is 28.6 Å². The SMILES string of the molecule is CC(=O)O[C@@H]1[C@H](OC(C)=O)C(F)(F)[C@@H](C)[C@H](OC(C)=O)[C@]1(C)O. The van der Waals surface area contributed by atoms with E-state index in [1.54, 1.807) is 0 Å². The molecule has 5 atom stereocenters. The standard InChI is InChI=1S/C14H20F2O7/c1-6-10(21-7(2)17)13(5,20)11(22-8(3)18)12(14(6,15)16)23-9(4)19/h6,10-12,20H,1-5H3/t6-,10-,11+,12-,13-/m0/s1. The minimum absolute atomic E-state index is 0.884. The van der Waals surface area contributed by atoms with E-state index in [4.69, 9.17) is 9.47 Å². The molecule has 0 aromatic heterocycles. The predicted molar refractivity (Wildman–Crippen MR) is 71.4 cm³/mol. The average molecular weight is 338 g/mol. The maximum Gasteiger partial charge on any atom is 0.303 e. The van der Waals surface area contributed by atoms with Gasteiger partial charge in [0.25, 0.3) is 5.92 Å². The summed E-state index contributed by atoms with van der Waals surface area (Å²) in [7, 11) is 0. The fourth-order valence-corrected chi connectivity index (χ4v) is 2.72. The Bertz CT molecular complexity index is 503. The van der Waals surface area contributed by atoms with E-state index in [9.17, 15) is 28.3 Å². The summed E-state index contributed by atoms with van der Waals surface area (Å²) >= 11 is 0. The second kappa shape index (κ2) is 6.38. The number of alkyl halides is 2. The summed E-state index contributed by atoms with van der Waals surface area (Å²) in [5.74, 6) is -8.25. The van der Waals surface area contributed by atoms with Crippen LogP contribution >= 0.6 is 0 Å². The quantitative estimate of drug-likeness (QED) is 0.601. The van der Waals surface area contributed by atoms with Gasteiger partial charge in [0.1, 0.15) is 11.7 Å². The van der Waals surface area contributed by atoms with Crippen molar-refractivity contribution in [1.29, 1.82) is 0 Å². The van der Waals surface area contributed by atoms with Gasteiger partial charge in [0.15, 0.2) is 6.10 Å². The molecule has 9 heteroatoms. The van der Waals surface area contributed by atoms with Crippen LogP contribution in [0.3, 0.4) is 0 Å². The number of hydrogen-bond donors (Lipinski definition) is 1. The van der Waals surface area contributed by atoms with Crippen LogP contribution in [0.2, 0.25) is 0 Å². The van der Waals surface area contributed by atoms with Crippen molar-refractivity contribution in [3.05, 3.63) is 0 Å². The smallest absolute Gasteiger partial charge is 0.303 e. The lowest BCUT2D eigenvalue weighted by Crippen LogP contribution is -2.71. The molecular weight excluding hydrogens is 318 g/mol. The molecule has 0 heterocycles. The van der Waals surface area contributed by atoms with Crippen molar-refractivity contribution in [2.45, 2.75) is 64.5 Å². The third kappa shape index (κ3) is 3.77. The summed E-state index contributed by atoms with van der Waals surface area (Å²) in [6, 6.07) is 0. The summed E-state index contributed by atoms with van der Waals surface area (Å²) in [6.07, 6.45) is -5.77. The molecule has 132 valence electrons. The molecule has 1 rings (SSSR count). The minimum atomic E-state index is -3.70. The predicted octanol–water partition coefficient (Wildman–Crippen LogP) is 0.817. The third-order valence-corrected chi connectivity index (χ3v) is 3.75. The molecule has 0 bridgehead atoms. The molecule has 1 aliphatic rings. The largest absolute Gasteiger partial charge is 0.459 e. The molecule has 1 fully saturated rings. The Hall–Kier alpha value is -1.77. The highest BCUT2D eigenvalue weighted by molar-refractivity contribution is 5.68. The zero-order valence-corrected chi connectivity index (χ0v) is 13.5. The van der Waals surface area contributed by atoms with Crippen LogP contribution in [0.15, 0.2) is 0 Å². The van der Waals surface area contributed by atoms with Gasteiger partial charge in [-0.05, 0) is 6.92 Å². The molecule has 0 unspecified atom stereocenters. The van der Waals surface area contributed by atoms with Crippen molar-refractivity contribution in [1.82, 2.24) is 0 Å². The van der Waals surface area contributed by atoms with Gasteiger partial charge in [-0.15, -0.1) is 0 Å². The van der Waals surface area contributed by atoms with Gasteiger partial charge < -0.3 is 19.3 Å². The Morgan fingerprint density at radius 3 is 1.61 bits per heavy atom. The van der Waals surface area contributed by atoms with Gasteiger partial charge in [-0.2, -0.15) is 0 Å². The monoisotopic (exact) mass is 338 g/mol. The first kappa shape index (κ1) is 19.3. The maximum absolute atomic E-state index is 14.6. The van der Waals surface area contributed by atoms with Crippen molar-refractivity contribution in [2.75, 3.05) is 0 Å². The third-order valence-electron chi connectivity index (χ3n) is 3.75. The van der Waals surface area contributed by atoms with Crippen LogP contribution in [0, 0.1) is 5.92 Å². The van der Waals surface area contributed by atoms with Gasteiger partial charge in [-0.25, -0.2) is 8.78 Å². The van der Waals surface area contributed by atoms with E-state index in [2.05, 4.69) is 4.74 Å². The molecule has 0 saturated heterocycles. The van der Waals surface area contributed by atoms with E-state index in [0.717, 1.165) is 34.6 Å². The zero-order valence-electron chi connectivity index (χ0n) is 13.5. The van der Waals surface area contributed by atoms with E-state index < -0.39 is 53.7 Å². The fourth-order valence-electron chi connectivity index (χ4n) is 2.72. The summed E-state index contributed by atoms with van der Waals surface area (Å²) < 4.78 is 43.4. The summed E-state index contributed by atoms with van der Waals surface area (Å²) in [5, 5.41) is 10.6. The number of esters is 3. The highest BCUT2D eigenvalue weighted by Gasteiger charge is 2.68. The Morgan fingerprint density at radius 2 is 1.22 bits per heavy atom. The fraction of sp³-hybridized carbons (Fsp3) is 0.786. The van der Waals surface area contributed by atoms with Crippen molar-refractivity contribution in [2.24, 2.45) is 5.92 Å². The topological polar surface area (TPSA) is 99.1 Å². The van der Waals surface area contributed by atoms with E-state index in [1.165, 1.54) is 0 Å². The van der Waals surface area contributed by atoms with Crippen molar-refractivity contribution >= 4 is 17.9 Å². The molecule has 7 nitrogen and oxygen atoms in total. The zero-order chi connectivity index (χ0) is 18.2. The van der Waals surface area contributed by atoms with Crippen LogP contribution in [0.5, 0.6) is 0 Å². The lowest BCUT2D eigenvalue weighted by molar-refractivity contribution is -0.303. The molecule has 0 spiro atoms. The van der Waals surface area contributed by atoms with Gasteiger partial charge >= 0.3 is 17.9 Å². The number of carbonyl (C=O) groups is 3. The average Bonchev–Trinajstić information content (AvgIpc) is 2.36. The number of ether oxygens (including phenoxy) is 3. The van der Waals surface area contributed by atoms with E-state index in [1.807, 2.05) is 0 Å². The van der Waals surface area contributed by atoms with Gasteiger partial charge in [0.2, 0.25) is 6.10 Å². The molecule has 0 aromatic carbocycles. The Kier molecular flexibility index (Phi) is 5.35. The molecule has 23 heavy (non-hydrogen) atoms. The number of carbonyl (C=O) groups excluding carboxylic acids is 3. The molecular formula is C14H20F2O7. The molecule has 0 radical (unpaired) electrons. The van der Waals surface area contributed by atoms with Gasteiger partial charge in [0.05, 0.1) is 5.92 Å². The van der Waals surface area contributed by atoms with Crippen LogP contribution in [0.4, 0.5) is 8.78 Å². The van der Waals surface area contributed by atoms with Gasteiger partial charge in [-0.1, -0.05) is 6.92 Å². The van der Waals surface area contributed by atoms with Crippen molar-refractivity contribution in [3.63, 3.8) is 0 Å². The van der Waals surface area contributed by atoms with E-state index >= 15 is 0 Å². The van der Waals surface area contributed by atoms with Crippen LogP contribution in [-0.4, -0.2) is 52.8 Å². The second-order valence-corrected chi connectivity index (χ2v) is 5.78. The summed E-state index contributed by atoms with van der Waals surface area (Å²) in [6.45, 7) is 5.00. The second-order valence-electron chi connectivity index (χ2n) is 5.78.